The molecule has 0 unspecified atom stereocenters. The fraction of sp³-hybridized carbons (Fsp3) is 0.500. The maximum Gasteiger partial charge on any atom is 0.0455 e. The van der Waals surface area contributed by atoms with E-state index in [-0.39, 0.29) is 0 Å². The number of nitrogens with two attached hydrogens (primary N) is 1. The van der Waals surface area contributed by atoms with Crippen LogP contribution >= 0.6 is 0 Å². The highest BCUT2D eigenvalue weighted by molar-refractivity contribution is 5.35. The molecule has 0 heterocycles. The summed E-state index contributed by atoms with van der Waals surface area (Å²) in [5.74, 6) is 0. The highest BCUT2D eigenvalue weighted by atomic mass is 15.1. The van der Waals surface area contributed by atoms with Crippen molar-refractivity contribution in [1.82, 2.24) is 4.90 Å². The Morgan fingerprint density at radius 3 is 2.86 bits per heavy atom. The summed E-state index contributed by atoms with van der Waals surface area (Å²) in [6, 6.07) is 6.85. The number of hydrogen-bond donors (Lipinski definition) is 1. The Morgan fingerprint density at radius 2 is 2.07 bits per heavy atom. The van der Waals surface area contributed by atoms with Crippen LogP contribution in [0.25, 0.3) is 0 Å². The van der Waals surface area contributed by atoms with Crippen molar-refractivity contribution >= 4 is 0 Å². The molecule has 0 fully saturated rings. The van der Waals surface area contributed by atoms with Crippen LogP contribution in [0.5, 0.6) is 0 Å². The van der Waals surface area contributed by atoms with E-state index in [9.17, 15) is 0 Å². The molecule has 2 heteroatoms. The van der Waals surface area contributed by atoms with E-state index in [1.807, 2.05) is 7.05 Å². The second-order valence-corrected chi connectivity index (χ2v) is 4.15. The van der Waals surface area contributed by atoms with E-state index >= 15 is 0 Å². The Morgan fingerprint density at radius 1 is 1.29 bits per heavy atom. The third-order valence-corrected chi connectivity index (χ3v) is 2.93. The third kappa shape index (κ3) is 1.97. The lowest BCUT2D eigenvalue weighted by atomic mass is 10.1. The van der Waals surface area contributed by atoms with Gasteiger partial charge in [-0.3, -0.25) is 4.90 Å². The molecule has 0 aliphatic heterocycles. The molecular formula is C12H18N2. The highest BCUT2D eigenvalue weighted by Crippen LogP contribution is 2.23. The molecule has 0 amide bonds. The summed E-state index contributed by atoms with van der Waals surface area (Å²) in [5.41, 5.74) is 10.0. The smallest absolute Gasteiger partial charge is 0.0455 e. The molecule has 0 bridgehead atoms. The monoisotopic (exact) mass is 190 g/mol. The lowest BCUT2D eigenvalue weighted by Crippen LogP contribution is -2.25. The Balaban J connectivity index is 2.12. The SMILES string of the molecule is CN(CN)Cc1ccc2c(c1)CCC2. The van der Waals surface area contributed by atoms with Gasteiger partial charge in [0.15, 0.2) is 0 Å². The van der Waals surface area contributed by atoms with Crippen LogP contribution in [-0.4, -0.2) is 18.6 Å². The summed E-state index contributed by atoms with van der Waals surface area (Å²) in [6.07, 6.45) is 3.85. The maximum atomic E-state index is 5.56. The molecule has 0 radical (unpaired) electrons. The zero-order valence-corrected chi connectivity index (χ0v) is 8.79. The molecule has 1 aromatic rings. The molecule has 0 aromatic heterocycles. The van der Waals surface area contributed by atoms with Gasteiger partial charge in [0.05, 0.1) is 0 Å². The topological polar surface area (TPSA) is 29.3 Å². The minimum atomic E-state index is 0.622. The fourth-order valence-electron chi connectivity index (χ4n) is 2.10. The molecule has 1 aliphatic carbocycles. The van der Waals surface area contributed by atoms with Crippen LogP contribution in [0.4, 0.5) is 0 Å². The largest absolute Gasteiger partial charge is 0.318 e. The van der Waals surface area contributed by atoms with Crippen molar-refractivity contribution in [2.75, 3.05) is 13.7 Å². The van der Waals surface area contributed by atoms with Crippen molar-refractivity contribution in [3.63, 3.8) is 0 Å². The van der Waals surface area contributed by atoms with Crippen molar-refractivity contribution in [3.05, 3.63) is 34.9 Å². The van der Waals surface area contributed by atoms with Crippen molar-refractivity contribution in [2.24, 2.45) is 5.73 Å². The predicted molar refractivity (Wildman–Crippen MR) is 59.0 cm³/mol. The molecule has 14 heavy (non-hydrogen) atoms. The van der Waals surface area contributed by atoms with Crippen LogP contribution in [0.3, 0.4) is 0 Å². The average molecular weight is 190 g/mol. The summed E-state index contributed by atoms with van der Waals surface area (Å²) < 4.78 is 0. The fourth-order valence-corrected chi connectivity index (χ4v) is 2.10. The molecule has 0 spiro atoms. The molecule has 1 aliphatic rings. The van der Waals surface area contributed by atoms with E-state index in [1.54, 1.807) is 11.1 Å². The summed E-state index contributed by atoms with van der Waals surface area (Å²) in [5, 5.41) is 0. The molecule has 1 aromatic carbocycles. The van der Waals surface area contributed by atoms with Gasteiger partial charge in [-0.05, 0) is 43.0 Å². The molecule has 76 valence electrons. The quantitative estimate of drug-likeness (QED) is 0.732. The molecular weight excluding hydrogens is 172 g/mol. The van der Waals surface area contributed by atoms with Gasteiger partial charge in [-0.25, -0.2) is 0 Å². The summed E-state index contributed by atoms with van der Waals surface area (Å²) >= 11 is 0. The van der Waals surface area contributed by atoms with Crippen molar-refractivity contribution < 1.29 is 0 Å². The lowest BCUT2D eigenvalue weighted by molar-refractivity contribution is 0.337. The van der Waals surface area contributed by atoms with E-state index in [2.05, 4.69) is 23.1 Å². The second-order valence-electron chi connectivity index (χ2n) is 4.15. The summed E-state index contributed by atoms with van der Waals surface area (Å²) in [7, 11) is 2.05. The first kappa shape index (κ1) is 9.69. The predicted octanol–water partition coefficient (Wildman–Crippen LogP) is 1.52. The molecule has 0 atom stereocenters. The van der Waals surface area contributed by atoms with Crippen molar-refractivity contribution in [1.29, 1.82) is 0 Å². The molecule has 2 nitrogen and oxygen atoms in total. The van der Waals surface area contributed by atoms with Gasteiger partial charge in [0.25, 0.3) is 0 Å². The lowest BCUT2D eigenvalue weighted by Gasteiger charge is -2.14. The van der Waals surface area contributed by atoms with Gasteiger partial charge in [0, 0.05) is 13.2 Å². The standard InChI is InChI=1S/C12H18N2/c1-14(9-13)8-10-5-6-11-3-2-4-12(11)7-10/h5-7H,2-4,8-9,13H2,1H3. The maximum absolute atomic E-state index is 5.56. The Labute approximate surface area is 85.7 Å². The van der Waals surface area contributed by atoms with Gasteiger partial charge in [-0.15, -0.1) is 0 Å². The van der Waals surface area contributed by atoms with Gasteiger partial charge in [0.1, 0.15) is 0 Å². The van der Waals surface area contributed by atoms with E-state index in [0.29, 0.717) is 6.67 Å². The van der Waals surface area contributed by atoms with Crippen LogP contribution < -0.4 is 5.73 Å². The van der Waals surface area contributed by atoms with Crippen LogP contribution in [0, 0.1) is 0 Å². The van der Waals surface area contributed by atoms with Crippen LogP contribution in [0.2, 0.25) is 0 Å². The van der Waals surface area contributed by atoms with Gasteiger partial charge in [-0.2, -0.15) is 0 Å². The average Bonchev–Trinajstić information content (AvgIpc) is 2.64. The minimum Gasteiger partial charge on any atom is -0.318 e. The number of rotatable bonds is 3. The number of benzene rings is 1. The Bertz CT molecular complexity index is 320. The van der Waals surface area contributed by atoms with Crippen LogP contribution in [-0.2, 0) is 19.4 Å². The number of fused-ring (bicyclic) bond motifs is 1. The third-order valence-electron chi connectivity index (χ3n) is 2.93. The van der Waals surface area contributed by atoms with Crippen molar-refractivity contribution in [3.8, 4) is 0 Å². The van der Waals surface area contributed by atoms with E-state index in [0.717, 1.165) is 6.54 Å². The summed E-state index contributed by atoms with van der Waals surface area (Å²) in [6.45, 7) is 1.58. The van der Waals surface area contributed by atoms with Gasteiger partial charge in [0.2, 0.25) is 0 Å². The number of nitrogens with zero attached hydrogens (tertiary/aromatic N) is 1. The van der Waals surface area contributed by atoms with E-state index < -0.39 is 0 Å². The highest BCUT2D eigenvalue weighted by Gasteiger charge is 2.10. The van der Waals surface area contributed by atoms with E-state index in [4.69, 9.17) is 5.73 Å². The minimum absolute atomic E-state index is 0.622. The van der Waals surface area contributed by atoms with Crippen molar-refractivity contribution in [2.45, 2.75) is 25.8 Å². The Kier molecular flexibility index (Phi) is 2.85. The van der Waals surface area contributed by atoms with E-state index in [1.165, 1.54) is 24.8 Å². The van der Waals surface area contributed by atoms with Crippen LogP contribution in [0.1, 0.15) is 23.1 Å². The molecule has 2 rings (SSSR count). The summed E-state index contributed by atoms with van der Waals surface area (Å²) in [4.78, 5) is 2.12. The number of hydrogen-bond acceptors (Lipinski definition) is 2. The zero-order chi connectivity index (χ0) is 9.97. The first-order chi connectivity index (χ1) is 6.79. The van der Waals surface area contributed by atoms with Gasteiger partial charge in [-0.1, -0.05) is 18.2 Å². The first-order valence-electron chi connectivity index (χ1n) is 5.29. The zero-order valence-electron chi connectivity index (χ0n) is 8.79. The van der Waals surface area contributed by atoms with Crippen LogP contribution in [0.15, 0.2) is 18.2 Å². The first-order valence-corrected chi connectivity index (χ1v) is 5.29. The molecule has 2 N–H and O–H groups in total. The Hall–Kier alpha value is -0.860. The normalized spacial score (nSPS) is 14.8. The van der Waals surface area contributed by atoms with Gasteiger partial charge < -0.3 is 5.73 Å². The van der Waals surface area contributed by atoms with Gasteiger partial charge >= 0.3 is 0 Å². The number of aryl methyl sites for hydroxylation is 2. The second kappa shape index (κ2) is 4.11. The molecule has 0 saturated heterocycles. The molecule has 0 saturated carbocycles.